The van der Waals surface area contributed by atoms with E-state index in [0.717, 1.165) is 18.4 Å². The standard InChI is InChI=1S/C15H20O/c1-9(2)12-6-5-10(3)13-8-15(16)11(4)7-14(12)13/h7,12-14H,1,3,5-6,8H2,2,4H3/t12-,13-,14-/m0/s1. The molecule has 2 rings (SSSR count). The van der Waals surface area contributed by atoms with Crippen LogP contribution < -0.4 is 0 Å². The fourth-order valence-electron chi connectivity index (χ4n) is 3.10. The fourth-order valence-corrected chi connectivity index (χ4v) is 3.10. The Morgan fingerprint density at radius 2 is 2.19 bits per heavy atom. The molecule has 0 N–H and O–H groups in total. The summed E-state index contributed by atoms with van der Waals surface area (Å²) in [6.45, 7) is 12.3. The summed E-state index contributed by atoms with van der Waals surface area (Å²) >= 11 is 0. The minimum Gasteiger partial charge on any atom is -0.295 e. The van der Waals surface area contributed by atoms with E-state index in [4.69, 9.17) is 0 Å². The topological polar surface area (TPSA) is 17.1 Å². The molecule has 1 nitrogen and oxygen atoms in total. The van der Waals surface area contributed by atoms with Crippen LogP contribution in [-0.2, 0) is 4.79 Å². The van der Waals surface area contributed by atoms with Gasteiger partial charge in [0.1, 0.15) is 0 Å². The molecule has 0 amide bonds. The maximum absolute atomic E-state index is 11.7. The molecule has 0 aliphatic heterocycles. The first-order chi connectivity index (χ1) is 7.50. The molecule has 0 spiro atoms. The van der Waals surface area contributed by atoms with Crippen molar-refractivity contribution < 1.29 is 4.79 Å². The molecule has 2 aliphatic carbocycles. The Morgan fingerprint density at radius 1 is 1.50 bits per heavy atom. The van der Waals surface area contributed by atoms with Crippen LogP contribution >= 0.6 is 0 Å². The first-order valence-corrected chi connectivity index (χ1v) is 6.05. The SMILES string of the molecule is C=C(C)[C@@H]1CCC(=C)[C@@H]2CC(=O)C(C)=C[C@@H]12. The molecular formula is C15H20O. The summed E-state index contributed by atoms with van der Waals surface area (Å²) < 4.78 is 0. The number of hydrogen-bond donors (Lipinski definition) is 0. The lowest BCUT2D eigenvalue weighted by atomic mass is 9.63. The van der Waals surface area contributed by atoms with E-state index in [0.29, 0.717) is 30.0 Å². The summed E-state index contributed by atoms with van der Waals surface area (Å²) in [6.07, 6.45) is 5.03. The van der Waals surface area contributed by atoms with Gasteiger partial charge in [-0.25, -0.2) is 0 Å². The highest BCUT2D eigenvalue weighted by Crippen LogP contribution is 2.45. The van der Waals surface area contributed by atoms with Gasteiger partial charge < -0.3 is 0 Å². The number of ketones is 1. The molecule has 1 saturated carbocycles. The molecule has 16 heavy (non-hydrogen) atoms. The molecule has 0 bridgehead atoms. The molecule has 0 aromatic carbocycles. The number of fused-ring (bicyclic) bond motifs is 1. The van der Waals surface area contributed by atoms with Gasteiger partial charge in [-0.1, -0.05) is 30.4 Å². The van der Waals surface area contributed by atoms with E-state index < -0.39 is 0 Å². The average molecular weight is 216 g/mol. The van der Waals surface area contributed by atoms with Gasteiger partial charge in [0, 0.05) is 6.42 Å². The normalized spacial score (nSPS) is 34.4. The number of carbonyl (C=O) groups excluding carboxylic acids is 1. The van der Waals surface area contributed by atoms with Crippen LogP contribution in [0.1, 0.15) is 33.1 Å². The van der Waals surface area contributed by atoms with Crippen LogP contribution in [0, 0.1) is 17.8 Å². The van der Waals surface area contributed by atoms with Gasteiger partial charge in [0.25, 0.3) is 0 Å². The summed E-state index contributed by atoms with van der Waals surface area (Å²) in [6, 6.07) is 0. The van der Waals surface area contributed by atoms with E-state index in [-0.39, 0.29) is 0 Å². The van der Waals surface area contributed by atoms with Crippen LogP contribution in [0.5, 0.6) is 0 Å². The largest absolute Gasteiger partial charge is 0.295 e. The van der Waals surface area contributed by atoms with E-state index in [1.807, 2.05) is 6.92 Å². The Balaban J connectivity index is 2.35. The second-order valence-corrected chi connectivity index (χ2v) is 5.31. The van der Waals surface area contributed by atoms with Gasteiger partial charge in [-0.05, 0) is 50.0 Å². The first-order valence-electron chi connectivity index (χ1n) is 6.05. The maximum atomic E-state index is 11.7. The second kappa shape index (κ2) is 4.04. The second-order valence-electron chi connectivity index (χ2n) is 5.31. The van der Waals surface area contributed by atoms with Gasteiger partial charge in [0.2, 0.25) is 0 Å². The molecule has 2 aliphatic rings. The number of hydrogen-bond acceptors (Lipinski definition) is 1. The molecule has 0 saturated heterocycles. The van der Waals surface area contributed by atoms with Crippen molar-refractivity contribution in [1.82, 2.24) is 0 Å². The number of allylic oxidation sites excluding steroid dienone is 4. The highest BCUT2D eigenvalue weighted by molar-refractivity contribution is 5.96. The van der Waals surface area contributed by atoms with Crippen LogP contribution in [0.3, 0.4) is 0 Å². The third-order valence-corrected chi connectivity index (χ3v) is 4.15. The fraction of sp³-hybridized carbons (Fsp3) is 0.533. The monoisotopic (exact) mass is 216 g/mol. The molecule has 0 aromatic heterocycles. The van der Waals surface area contributed by atoms with Gasteiger partial charge in [-0.15, -0.1) is 0 Å². The van der Waals surface area contributed by atoms with Gasteiger partial charge in [0.15, 0.2) is 5.78 Å². The molecule has 0 aromatic rings. The van der Waals surface area contributed by atoms with Crippen LogP contribution in [0.2, 0.25) is 0 Å². The Kier molecular flexibility index (Phi) is 2.88. The third-order valence-electron chi connectivity index (χ3n) is 4.15. The minimum atomic E-state index is 0.296. The number of carbonyl (C=O) groups is 1. The summed E-state index contributed by atoms with van der Waals surface area (Å²) in [4.78, 5) is 11.7. The van der Waals surface area contributed by atoms with Gasteiger partial charge in [-0.2, -0.15) is 0 Å². The van der Waals surface area contributed by atoms with E-state index >= 15 is 0 Å². The van der Waals surface area contributed by atoms with E-state index in [1.54, 1.807) is 0 Å². The Hall–Kier alpha value is -1.11. The van der Waals surface area contributed by atoms with Crippen LogP contribution in [-0.4, -0.2) is 5.78 Å². The van der Waals surface area contributed by atoms with Gasteiger partial charge in [0.05, 0.1) is 0 Å². The van der Waals surface area contributed by atoms with Crippen LogP contribution in [0.4, 0.5) is 0 Å². The quantitative estimate of drug-likeness (QED) is 0.611. The van der Waals surface area contributed by atoms with Gasteiger partial charge >= 0.3 is 0 Å². The third kappa shape index (κ3) is 1.79. The van der Waals surface area contributed by atoms with E-state index in [9.17, 15) is 4.79 Å². The Bertz CT molecular complexity index is 386. The Morgan fingerprint density at radius 3 is 2.81 bits per heavy atom. The van der Waals surface area contributed by atoms with Crippen molar-refractivity contribution in [2.24, 2.45) is 17.8 Å². The molecule has 3 atom stereocenters. The summed E-state index contributed by atoms with van der Waals surface area (Å²) in [5.74, 6) is 1.67. The minimum absolute atomic E-state index is 0.296. The molecule has 0 heterocycles. The predicted octanol–water partition coefficient (Wildman–Crippen LogP) is 3.68. The zero-order valence-corrected chi connectivity index (χ0v) is 10.3. The summed E-state index contributed by atoms with van der Waals surface area (Å²) in [5, 5.41) is 0. The maximum Gasteiger partial charge on any atom is 0.158 e. The molecule has 86 valence electrons. The Labute approximate surface area is 97.9 Å². The van der Waals surface area contributed by atoms with Crippen molar-refractivity contribution in [2.75, 3.05) is 0 Å². The van der Waals surface area contributed by atoms with Crippen molar-refractivity contribution in [2.45, 2.75) is 33.1 Å². The summed E-state index contributed by atoms with van der Waals surface area (Å²) in [5.41, 5.74) is 3.45. The van der Waals surface area contributed by atoms with Crippen molar-refractivity contribution in [3.8, 4) is 0 Å². The molecule has 0 radical (unpaired) electrons. The number of rotatable bonds is 1. The smallest absolute Gasteiger partial charge is 0.158 e. The zero-order valence-electron chi connectivity index (χ0n) is 10.3. The van der Waals surface area contributed by atoms with Gasteiger partial charge in [-0.3, -0.25) is 4.79 Å². The van der Waals surface area contributed by atoms with E-state index in [1.165, 1.54) is 11.1 Å². The van der Waals surface area contributed by atoms with E-state index in [2.05, 4.69) is 26.2 Å². The summed E-state index contributed by atoms with van der Waals surface area (Å²) in [7, 11) is 0. The number of Topliss-reactive ketones (excluding diaryl/α,β-unsaturated/α-hetero) is 1. The lowest BCUT2D eigenvalue weighted by molar-refractivity contribution is -0.117. The van der Waals surface area contributed by atoms with Crippen molar-refractivity contribution >= 4 is 5.78 Å². The lowest BCUT2D eigenvalue weighted by Gasteiger charge is -2.41. The molecule has 0 unspecified atom stereocenters. The molecule has 1 heteroatoms. The zero-order chi connectivity index (χ0) is 11.9. The predicted molar refractivity (Wildman–Crippen MR) is 67.0 cm³/mol. The molecular weight excluding hydrogens is 196 g/mol. The van der Waals surface area contributed by atoms with Crippen LogP contribution in [0.15, 0.2) is 36.0 Å². The molecule has 1 fully saturated rings. The van der Waals surface area contributed by atoms with Crippen LogP contribution in [0.25, 0.3) is 0 Å². The van der Waals surface area contributed by atoms with Crippen molar-refractivity contribution in [3.05, 3.63) is 36.0 Å². The van der Waals surface area contributed by atoms with Crippen molar-refractivity contribution in [3.63, 3.8) is 0 Å². The highest BCUT2D eigenvalue weighted by Gasteiger charge is 2.38. The lowest BCUT2D eigenvalue weighted by Crippen LogP contribution is -2.34. The van der Waals surface area contributed by atoms with Crippen molar-refractivity contribution in [1.29, 1.82) is 0 Å². The average Bonchev–Trinajstić information content (AvgIpc) is 2.21. The first kappa shape index (κ1) is 11.4. The highest BCUT2D eigenvalue weighted by atomic mass is 16.1.